The molecule has 0 spiro atoms. The van der Waals surface area contributed by atoms with E-state index in [2.05, 4.69) is 0 Å². The number of hydrogen-bond acceptors (Lipinski definition) is 6. The molecule has 42 heavy (non-hydrogen) atoms. The van der Waals surface area contributed by atoms with Crippen molar-refractivity contribution < 1.29 is 28.5 Å². The fourth-order valence-corrected chi connectivity index (χ4v) is 4.42. The van der Waals surface area contributed by atoms with Gasteiger partial charge in [0.2, 0.25) is 0 Å². The topological polar surface area (TPSA) is 71.1 Å². The van der Waals surface area contributed by atoms with Gasteiger partial charge in [0, 0.05) is 13.2 Å². The van der Waals surface area contributed by atoms with E-state index in [1.807, 2.05) is 125 Å². The summed E-state index contributed by atoms with van der Waals surface area (Å²) in [5.74, 6) is 1.05. The van der Waals surface area contributed by atoms with Crippen molar-refractivity contribution in [1.82, 2.24) is 0 Å². The number of benzene rings is 4. The third-order valence-electron chi connectivity index (χ3n) is 6.25. The van der Waals surface area contributed by atoms with Crippen molar-refractivity contribution in [3.05, 3.63) is 131 Å². The van der Waals surface area contributed by atoms with Gasteiger partial charge >= 0.3 is 0 Å². The molecule has 0 radical (unpaired) electrons. The molecule has 2 unspecified atom stereocenters. The van der Waals surface area contributed by atoms with Gasteiger partial charge in [0.25, 0.3) is 0 Å². The molecule has 0 bridgehead atoms. The van der Waals surface area contributed by atoms with Gasteiger partial charge in [-0.2, -0.15) is 0 Å². The maximum Gasteiger partial charge on any atom is 0.199 e. The first-order valence-corrected chi connectivity index (χ1v) is 14.4. The van der Waals surface area contributed by atoms with Gasteiger partial charge in [-0.3, -0.25) is 9.59 Å². The Balaban J connectivity index is 0.000000230. The Hall–Kier alpha value is -4.26. The minimum atomic E-state index is -0.599. The normalized spacial score (nSPS) is 11.9. The molecule has 0 aliphatic heterocycles. The van der Waals surface area contributed by atoms with Crippen LogP contribution in [0.3, 0.4) is 0 Å². The highest BCUT2D eigenvalue weighted by atomic mass is 16.5. The lowest BCUT2D eigenvalue weighted by Crippen LogP contribution is -2.17. The van der Waals surface area contributed by atoms with E-state index in [1.54, 1.807) is 12.1 Å². The van der Waals surface area contributed by atoms with Crippen LogP contribution in [-0.4, -0.2) is 38.0 Å². The number of Topliss-reactive ketones (excluding diaryl/α,β-unsaturated/α-hetero) is 2. The van der Waals surface area contributed by atoms with E-state index in [0.717, 1.165) is 11.1 Å². The average Bonchev–Trinajstić information content (AvgIpc) is 3.04. The predicted molar refractivity (Wildman–Crippen MR) is 166 cm³/mol. The predicted octanol–water partition coefficient (Wildman–Crippen LogP) is 8.09. The summed E-state index contributed by atoms with van der Waals surface area (Å²) in [5.41, 5.74) is 2.83. The van der Waals surface area contributed by atoms with Crippen molar-refractivity contribution in [2.24, 2.45) is 0 Å². The van der Waals surface area contributed by atoms with Gasteiger partial charge in [0.05, 0.1) is 24.3 Å². The number of carbonyl (C=O) groups is 2. The molecule has 220 valence electrons. The standard InChI is InChI=1S/2C18H20O3/c2*1-3-20-16-13-9-8-12-15(16)17(19)18(21-4-2)14-10-6-5-7-11-14/h2*5-13,18H,3-4H2,1-2H3. The largest absolute Gasteiger partial charge is 0.493 e. The zero-order chi connectivity index (χ0) is 30.2. The van der Waals surface area contributed by atoms with Crippen molar-refractivity contribution in [2.45, 2.75) is 39.9 Å². The highest BCUT2D eigenvalue weighted by Crippen LogP contribution is 2.29. The smallest absolute Gasteiger partial charge is 0.199 e. The first-order chi connectivity index (χ1) is 20.5. The van der Waals surface area contributed by atoms with Gasteiger partial charge in [-0.05, 0) is 63.1 Å². The highest BCUT2D eigenvalue weighted by molar-refractivity contribution is 6.03. The van der Waals surface area contributed by atoms with Crippen LogP contribution in [0.5, 0.6) is 11.5 Å². The zero-order valence-corrected chi connectivity index (χ0v) is 24.8. The number of ether oxygens (including phenoxy) is 4. The van der Waals surface area contributed by atoms with Gasteiger partial charge in [-0.15, -0.1) is 0 Å². The van der Waals surface area contributed by atoms with E-state index in [9.17, 15) is 9.59 Å². The SMILES string of the molecule is CCOc1ccccc1C(=O)C(OCC)c1ccccc1.CCOc1ccccc1C(=O)C(OCC)c1ccccc1. The number of hydrogen-bond donors (Lipinski definition) is 0. The Morgan fingerprint density at radius 1 is 0.476 bits per heavy atom. The maximum absolute atomic E-state index is 12.8. The number of carbonyl (C=O) groups excluding carboxylic acids is 2. The van der Waals surface area contributed by atoms with E-state index in [1.165, 1.54) is 0 Å². The van der Waals surface area contributed by atoms with Crippen molar-refractivity contribution in [3.8, 4) is 11.5 Å². The molecule has 4 aromatic rings. The van der Waals surface area contributed by atoms with Gasteiger partial charge in [-0.1, -0.05) is 84.9 Å². The molecule has 0 aliphatic rings. The third kappa shape index (κ3) is 8.87. The zero-order valence-electron chi connectivity index (χ0n) is 24.8. The summed E-state index contributed by atoms with van der Waals surface area (Å²) in [6.45, 7) is 9.57. The van der Waals surface area contributed by atoms with Crippen LogP contribution in [-0.2, 0) is 9.47 Å². The molecule has 0 saturated carbocycles. The molecule has 0 amide bonds. The second-order valence-corrected chi connectivity index (χ2v) is 9.08. The highest BCUT2D eigenvalue weighted by Gasteiger charge is 2.26. The second kappa shape index (κ2) is 17.5. The monoisotopic (exact) mass is 568 g/mol. The van der Waals surface area contributed by atoms with Gasteiger partial charge in [-0.25, -0.2) is 0 Å². The Bertz CT molecular complexity index is 1260. The van der Waals surface area contributed by atoms with E-state index >= 15 is 0 Å². The second-order valence-electron chi connectivity index (χ2n) is 9.08. The summed E-state index contributed by atoms with van der Waals surface area (Å²) in [6.07, 6.45) is -1.20. The molecule has 0 aliphatic carbocycles. The van der Waals surface area contributed by atoms with Crippen LogP contribution in [0.2, 0.25) is 0 Å². The molecule has 2 atom stereocenters. The number of rotatable bonds is 14. The molecule has 0 N–H and O–H groups in total. The quantitative estimate of drug-likeness (QED) is 0.143. The fraction of sp³-hybridized carbons (Fsp3) is 0.278. The molecule has 0 aromatic heterocycles. The molecule has 0 saturated heterocycles. The Labute approximate surface area is 249 Å². The Morgan fingerprint density at radius 3 is 1.14 bits per heavy atom. The van der Waals surface area contributed by atoms with Crippen LogP contribution in [0.25, 0.3) is 0 Å². The van der Waals surface area contributed by atoms with Gasteiger partial charge in [0.1, 0.15) is 23.7 Å². The van der Waals surface area contributed by atoms with Crippen LogP contribution >= 0.6 is 0 Å². The van der Waals surface area contributed by atoms with Crippen molar-refractivity contribution in [1.29, 1.82) is 0 Å². The summed E-state index contributed by atoms with van der Waals surface area (Å²) in [4.78, 5) is 25.7. The molecular formula is C36H40O6. The summed E-state index contributed by atoms with van der Waals surface area (Å²) >= 11 is 0. The molecule has 4 aromatic carbocycles. The molecular weight excluding hydrogens is 528 g/mol. The minimum absolute atomic E-state index is 0.0768. The Kier molecular flexibility index (Phi) is 13.5. The average molecular weight is 569 g/mol. The summed E-state index contributed by atoms with van der Waals surface area (Å²) in [6, 6.07) is 33.7. The van der Waals surface area contributed by atoms with Crippen molar-refractivity contribution in [2.75, 3.05) is 26.4 Å². The van der Waals surface area contributed by atoms with Crippen LogP contribution in [0, 0.1) is 0 Å². The van der Waals surface area contributed by atoms with Crippen LogP contribution in [0.1, 0.15) is 71.7 Å². The van der Waals surface area contributed by atoms with Crippen LogP contribution in [0.15, 0.2) is 109 Å². The summed E-state index contributed by atoms with van der Waals surface area (Å²) < 4.78 is 22.4. The van der Waals surface area contributed by atoms with Crippen molar-refractivity contribution >= 4 is 11.6 Å². The van der Waals surface area contributed by atoms with Gasteiger partial charge in [0.15, 0.2) is 11.6 Å². The van der Waals surface area contributed by atoms with Crippen LogP contribution < -0.4 is 9.47 Å². The summed E-state index contributed by atoms with van der Waals surface area (Å²) in [5, 5.41) is 0. The van der Waals surface area contributed by atoms with E-state index in [0.29, 0.717) is 49.1 Å². The molecule has 4 rings (SSSR count). The maximum atomic E-state index is 12.8. The fourth-order valence-electron chi connectivity index (χ4n) is 4.42. The Morgan fingerprint density at radius 2 is 0.810 bits per heavy atom. The van der Waals surface area contributed by atoms with Crippen molar-refractivity contribution in [3.63, 3.8) is 0 Å². The number of para-hydroxylation sites is 2. The lowest BCUT2D eigenvalue weighted by Gasteiger charge is -2.18. The first-order valence-electron chi connectivity index (χ1n) is 14.4. The molecule has 0 fully saturated rings. The minimum Gasteiger partial charge on any atom is -0.493 e. The summed E-state index contributed by atoms with van der Waals surface area (Å²) in [7, 11) is 0. The molecule has 6 nitrogen and oxygen atoms in total. The van der Waals surface area contributed by atoms with E-state index in [4.69, 9.17) is 18.9 Å². The molecule has 0 heterocycles. The lowest BCUT2D eigenvalue weighted by atomic mass is 9.99. The number of ketones is 2. The third-order valence-corrected chi connectivity index (χ3v) is 6.25. The van der Waals surface area contributed by atoms with E-state index in [-0.39, 0.29) is 11.6 Å². The molecule has 6 heteroatoms. The van der Waals surface area contributed by atoms with Crippen LogP contribution in [0.4, 0.5) is 0 Å². The van der Waals surface area contributed by atoms with Gasteiger partial charge < -0.3 is 18.9 Å². The lowest BCUT2D eigenvalue weighted by molar-refractivity contribution is 0.0447. The van der Waals surface area contributed by atoms with E-state index < -0.39 is 12.2 Å². The first kappa shape index (κ1) is 32.3.